The predicted octanol–water partition coefficient (Wildman–Crippen LogP) is 0.216. The first-order chi connectivity index (χ1) is 9.54. The molecule has 3 N–H and O–H groups in total. The van der Waals surface area contributed by atoms with Crippen LogP contribution in [0.1, 0.15) is 13.3 Å². The number of carbonyl (C=O) groups is 2. The van der Waals surface area contributed by atoms with Crippen LogP contribution in [0.2, 0.25) is 0 Å². The summed E-state index contributed by atoms with van der Waals surface area (Å²) in [7, 11) is 0. The molecule has 0 aromatic heterocycles. The summed E-state index contributed by atoms with van der Waals surface area (Å²) >= 11 is 0. The van der Waals surface area contributed by atoms with Gasteiger partial charge in [0.2, 0.25) is 5.91 Å². The number of ether oxygens (including phenoxy) is 1. The lowest BCUT2D eigenvalue weighted by Gasteiger charge is -2.32. The third-order valence-corrected chi connectivity index (χ3v) is 4.51. The van der Waals surface area contributed by atoms with E-state index in [9.17, 15) is 22.8 Å². The molecule has 2 aliphatic heterocycles. The molecule has 0 aliphatic carbocycles. The monoisotopic (exact) mass is 310 g/mol. The Labute approximate surface area is 119 Å². The van der Waals surface area contributed by atoms with Crippen molar-refractivity contribution in [1.82, 2.24) is 4.90 Å². The quantitative estimate of drug-likeness (QED) is 0.761. The van der Waals surface area contributed by atoms with Crippen LogP contribution in [0.3, 0.4) is 0 Å². The summed E-state index contributed by atoms with van der Waals surface area (Å²) in [6, 6.07) is -0.615. The lowest BCUT2D eigenvalue weighted by molar-refractivity contribution is -0.227. The number of hydrogen-bond acceptors (Lipinski definition) is 4. The van der Waals surface area contributed by atoms with Gasteiger partial charge >= 0.3 is 12.1 Å². The second kappa shape index (κ2) is 4.84. The highest BCUT2D eigenvalue weighted by Gasteiger charge is 2.65. The molecule has 2 heterocycles. The zero-order chi connectivity index (χ0) is 16.1. The fourth-order valence-electron chi connectivity index (χ4n) is 2.78. The van der Waals surface area contributed by atoms with Crippen LogP contribution in [0.25, 0.3) is 0 Å². The van der Waals surface area contributed by atoms with Crippen LogP contribution in [0.5, 0.6) is 0 Å². The molecule has 21 heavy (non-hydrogen) atoms. The zero-order valence-electron chi connectivity index (χ0n) is 11.4. The van der Waals surface area contributed by atoms with E-state index in [0.29, 0.717) is 0 Å². The van der Waals surface area contributed by atoms with Crippen LogP contribution in [-0.4, -0.2) is 60.4 Å². The third-order valence-electron chi connectivity index (χ3n) is 4.51. The molecule has 3 unspecified atom stereocenters. The van der Waals surface area contributed by atoms with Crippen molar-refractivity contribution in [2.45, 2.75) is 25.6 Å². The predicted molar refractivity (Wildman–Crippen MR) is 64.2 cm³/mol. The van der Waals surface area contributed by atoms with Gasteiger partial charge in [0.15, 0.2) is 5.41 Å². The van der Waals surface area contributed by atoms with Crippen molar-refractivity contribution in [2.24, 2.45) is 16.6 Å². The van der Waals surface area contributed by atoms with E-state index in [4.69, 9.17) is 15.6 Å². The minimum atomic E-state index is -4.91. The van der Waals surface area contributed by atoms with Crippen LogP contribution >= 0.6 is 0 Å². The maximum Gasteiger partial charge on any atom is 0.406 e. The highest BCUT2D eigenvalue weighted by molar-refractivity contribution is 5.86. The van der Waals surface area contributed by atoms with E-state index in [1.54, 1.807) is 0 Å². The van der Waals surface area contributed by atoms with Crippen LogP contribution in [0.4, 0.5) is 13.2 Å². The van der Waals surface area contributed by atoms with Crippen LogP contribution in [0.15, 0.2) is 0 Å². The minimum Gasteiger partial charge on any atom is -0.481 e. The fourth-order valence-corrected chi connectivity index (χ4v) is 2.78. The van der Waals surface area contributed by atoms with Gasteiger partial charge in [-0.3, -0.25) is 9.59 Å². The lowest BCUT2D eigenvalue weighted by atomic mass is 9.83. The van der Waals surface area contributed by atoms with Crippen molar-refractivity contribution in [1.29, 1.82) is 0 Å². The van der Waals surface area contributed by atoms with Gasteiger partial charge < -0.3 is 20.5 Å². The van der Waals surface area contributed by atoms with Gasteiger partial charge in [-0.05, 0) is 13.3 Å². The van der Waals surface area contributed by atoms with Crippen molar-refractivity contribution in [3.8, 4) is 0 Å². The number of nitrogens with zero attached hydrogens (tertiary/aromatic N) is 1. The van der Waals surface area contributed by atoms with Gasteiger partial charge in [0.25, 0.3) is 0 Å². The number of carboxylic acids is 1. The van der Waals surface area contributed by atoms with Gasteiger partial charge in [-0.25, -0.2) is 0 Å². The number of likely N-dealkylation sites (tertiary alicyclic amines) is 1. The number of nitrogens with two attached hydrogens (primary N) is 1. The molecule has 2 rings (SSSR count). The summed E-state index contributed by atoms with van der Waals surface area (Å²) in [5.41, 5.74) is 1.77. The zero-order valence-corrected chi connectivity index (χ0v) is 11.4. The summed E-state index contributed by atoms with van der Waals surface area (Å²) in [5, 5.41) is 8.97. The van der Waals surface area contributed by atoms with Gasteiger partial charge in [0.05, 0.1) is 18.6 Å². The Morgan fingerprint density at radius 2 is 2.05 bits per heavy atom. The van der Waals surface area contributed by atoms with Gasteiger partial charge in [-0.2, -0.15) is 13.2 Å². The molecular weight excluding hydrogens is 293 g/mol. The molecule has 2 saturated heterocycles. The normalized spacial score (nSPS) is 37.0. The molecule has 9 heteroatoms. The Kier molecular flexibility index (Phi) is 3.69. The number of amides is 1. The molecular formula is C12H17F3N2O4. The molecule has 0 aromatic rings. The van der Waals surface area contributed by atoms with E-state index in [2.05, 4.69) is 0 Å². The fraction of sp³-hybridized carbons (Fsp3) is 0.833. The third kappa shape index (κ3) is 2.28. The molecule has 0 spiro atoms. The SMILES string of the molecule is CC1(C(=O)N2CCC(C(=O)O)(C(F)(F)F)C2)COCC1N. The number of halogens is 3. The summed E-state index contributed by atoms with van der Waals surface area (Å²) < 4.78 is 44.4. The van der Waals surface area contributed by atoms with E-state index in [1.807, 2.05) is 0 Å². The maximum absolute atomic E-state index is 13.1. The van der Waals surface area contributed by atoms with Crippen molar-refractivity contribution in [3.63, 3.8) is 0 Å². The van der Waals surface area contributed by atoms with Crippen molar-refractivity contribution >= 4 is 11.9 Å². The van der Waals surface area contributed by atoms with Crippen molar-refractivity contribution in [3.05, 3.63) is 0 Å². The number of carbonyl (C=O) groups excluding carboxylic acids is 1. The summed E-state index contributed by atoms with van der Waals surface area (Å²) in [6.07, 6.45) is -5.56. The van der Waals surface area contributed by atoms with Gasteiger partial charge in [0.1, 0.15) is 0 Å². The Bertz CT molecular complexity index is 470. The first kappa shape index (κ1) is 16.0. The molecule has 0 bridgehead atoms. The molecule has 1 amide bonds. The van der Waals surface area contributed by atoms with Crippen LogP contribution in [0, 0.1) is 10.8 Å². The second-order valence-corrected chi connectivity index (χ2v) is 5.90. The van der Waals surface area contributed by atoms with Crippen molar-refractivity contribution < 1.29 is 32.6 Å². The number of aliphatic carboxylic acids is 1. The maximum atomic E-state index is 13.1. The Morgan fingerprint density at radius 3 is 2.43 bits per heavy atom. The Hall–Kier alpha value is -1.35. The summed E-state index contributed by atoms with van der Waals surface area (Å²) in [6.45, 7) is 0.566. The van der Waals surface area contributed by atoms with E-state index in [1.165, 1.54) is 6.92 Å². The topological polar surface area (TPSA) is 92.9 Å². The van der Waals surface area contributed by atoms with Gasteiger partial charge in [-0.1, -0.05) is 0 Å². The molecule has 0 aromatic carbocycles. The van der Waals surface area contributed by atoms with E-state index >= 15 is 0 Å². The van der Waals surface area contributed by atoms with E-state index in [0.717, 1.165) is 4.90 Å². The lowest BCUT2D eigenvalue weighted by Crippen LogP contribution is -2.53. The van der Waals surface area contributed by atoms with Crippen LogP contribution in [-0.2, 0) is 14.3 Å². The molecule has 0 radical (unpaired) electrons. The second-order valence-electron chi connectivity index (χ2n) is 5.90. The number of hydrogen-bond donors (Lipinski definition) is 2. The van der Waals surface area contributed by atoms with Gasteiger partial charge in [0, 0.05) is 19.1 Å². The molecule has 2 fully saturated rings. The smallest absolute Gasteiger partial charge is 0.406 e. The standard InChI is InChI=1S/C12H17F3N2O4/c1-10(6-21-4-7(10)16)8(18)17-3-2-11(5-17,9(19)20)12(13,14)15/h7H,2-6,16H2,1H3,(H,19,20). The summed E-state index contributed by atoms with van der Waals surface area (Å²) in [4.78, 5) is 24.5. The largest absolute Gasteiger partial charge is 0.481 e. The minimum absolute atomic E-state index is 0.0234. The average Bonchev–Trinajstić information content (AvgIpc) is 2.94. The van der Waals surface area contributed by atoms with Crippen molar-refractivity contribution in [2.75, 3.05) is 26.3 Å². The summed E-state index contributed by atoms with van der Waals surface area (Å²) in [5.74, 6) is -2.54. The van der Waals surface area contributed by atoms with Gasteiger partial charge in [-0.15, -0.1) is 0 Å². The first-order valence-corrected chi connectivity index (χ1v) is 6.47. The molecule has 0 saturated carbocycles. The number of alkyl halides is 3. The molecule has 2 aliphatic rings. The Balaban J connectivity index is 2.22. The first-order valence-electron chi connectivity index (χ1n) is 6.47. The Morgan fingerprint density at radius 1 is 1.43 bits per heavy atom. The highest BCUT2D eigenvalue weighted by Crippen LogP contribution is 2.46. The van der Waals surface area contributed by atoms with Crippen LogP contribution < -0.4 is 5.73 Å². The van der Waals surface area contributed by atoms with E-state index < -0.39 is 47.9 Å². The average molecular weight is 310 g/mol. The molecule has 120 valence electrons. The number of rotatable bonds is 2. The number of carboxylic acid groups (broad SMARTS) is 1. The molecule has 3 atom stereocenters. The van der Waals surface area contributed by atoms with E-state index in [-0.39, 0.29) is 19.8 Å². The highest BCUT2D eigenvalue weighted by atomic mass is 19.4. The molecule has 6 nitrogen and oxygen atoms in total.